The molecule has 164 valence electrons. The van der Waals surface area contributed by atoms with Crippen molar-refractivity contribution in [1.82, 2.24) is 4.57 Å². The Morgan fingerprint density at radius 2 is 1.71 bits per heavy atom. The first-order valence-electron chi connectivity index (χ1n) is 9.66. The molecule has 0 aliphatic heterocycles. The van der Waals surface area contributed by atoms with Gasteiger partial charge in [0.2, 0.25) is 5.91 Å². The molecule has 0 unspecified atom stereocenters. The number of hydrogen-bond acceptors (Lipinski definition) is 4. The largest absolute Gasteiger partial charge is 0.487 e. The van der Waals surface area contributed by atoms with Gasteiger partial charge in [0.15, 0.2) is 0 Å². The van der Waals surface area contributed by atoms with E-state index in [4.69, 9.17) is 32.7 Å². The monoisotopic (exact) mass is 462 g/mol. The predicted octanol–water partition coefficient (Wildman–Crippen LogP) is 6.29. The normalized spacial score (nSPS) is 11.5. The minimum Gasteiger partial charge on any atom is -0.487 e. The molecule has 1 amide bonds. The molecule has 0 N–H and O–H groups in total. The average molecular weight is 463 g/mol. The van der Waals surface area contributed by atoms with Gasteiger partial charge in [-0.1, -0.05) is 23.2 Å². The van der Waals surface area contributed by atoms with E-state index in [2.05, 4.69) is 0 Å². The van der Waals surface area contributed by atoms with E-state index in [1.807, 2.05) is 0 Å². The summed E-state index contributed by atoms with van der Waals surface area (Å²) in [7, 11) is 1.70. The van der Waals surface area contributed by atoms with E-state index in [1.165, 1.54) is 16.4 Å². The van der Waals surface area contributed by atoms with E-state index in [-0.39, 0.29) is 12.5 Å². The Kier molecular flexibility index (Phi) is 6.53. The molecule has 0 aliphatic rings. The highest BCUT2D eigenvalue weighted by Crippen LogP contribution is 2.32. The minimum atomic E-state index is -0.674. The molecule has 0 saturated heterocycles. The number of amides is 1. The SMILES string of the molecule is CC(=O)N(C)c1ccc(OCc2cc3c(Cl)cc(Cl)cc3n2C(=O)OC(C)(C)C)cc1. The van der Waals surface area contributed by atoms with Crippen molar-refractivity contribution >= 4 is 51.8 Å². The molecular formula is C23H24Cl2N2O4. The third kappa shape index (κ3) is 5.32. The Morgan fingerprint density at radius 3 is 2.29 bits per heavy atom. The Bertz CT molecular complexity index is 1130. The van der Waals surface area contributed by atoms with Gasteiger partial charge < -0.3 is 14.4 Å². The molecule has 3 aromatic rings. The smallest absolute Gasteiger partial charge is 0.419 e. The second-order valence-corrected chi connectivity index (χ2v) is 8.98. The third-order valence-electron chi connectivity index (χ3n) is 4.57. The van der Waals surface area contributed by atoms with Crippen molar-refractivity contribution < 1.29 is 19.1 Å². The second-order valence-electron chi connectivity index (χ2n) is 8.13. The zero-order valence-electron chi connectivity index (χ0n) is 18.0. The van der Waals surface area contributed by atoms with Crippen molar-refractivity contribution in [3.05, 3.63) is 58.2 Å². The van der Waals surface area contributed by atoms with Crippen LogP contribution in [0, 0.1) is 0 Å². The van der Waals surface area contributed by atoms with Gasteiger partial charge in [0.1, 0.15) is 18.0 Å². The molecule has 6 nitrogen and oxygen atoms in total. The fourth-order valence-corrected chi connectivity index (χ4v) is 3.56. The number of nitrogens with zero attached hydrogens (tertiary/aromatic N) is 2. The maximum Gasteiger partial charge on any atom is 0.419 e. The highest BCUT2D eigenvalue weighted by Gasteiger charge is 2.23. The number of aromatic nitrogens is 1. The highest BCUT2D eigenvalue weighted by atomic mass is 35.5. The first kappa shape index (κ1) is 23.0. The van der Waals surface area contributed by atoms with Crippen LogP contribution in [0.2, 0.25) is 10.0 Å². The Labute approximate surface area is 191 Å². The summed E-state index contributed by atoms with van der Waals surface area (Å²) in [6.45, 7) is 6.99. The molecule has 1 heterocycles. The zero-order chi connectivity index (χ0) is 22.9. The van der Waals surface area contributed by atoms with Crippen molar-refractivity contribution in [3.63, 3.8) is 0 Å². The van der Waals surface area contributed by atoms with E-state index in [0.29, 0.717) is 32.4 Å². The number of carbonyl (C=O) groups is 2. The Morgan fingerprint density at radius 1 is 1.06 bits per heavy atom. The fourth-order valence-electron chi connectivity index (χ4n) is 3.02. The molecule has 2 aromatic carbocycles. The van der Waals surface area contributed by atoms with Crippen LogP contribution in [0.25, 0.3) is 10.9 Å². The van der Waals surface area contributed by atoms with Crippen molar-refractivity contribution in [2.24, 2.45) is 0 Å². The number of benzene rings is 2. The lowest BCUT2D eigenvalue weighted by molar-refractivity contribution is -0.116. The summed E-state index contributed by atoms with van der Waals surface area (Å²) in [6, 6.07) is 12.2. The number of anilines is 1. The van der Waals surface area contributed by atoms with Gasteiger partial charge in [-0.2, -0.15) is 0 Å². The van der Waals surface area contributed by atoms with Crippen LogP contribution in [0.1, 0.15) is 33.4 Å². The van der Waals surface area contributed by atoms with Gasteiger partial charge in [-0.3, -0.25) is 4.79 Å². The maximum atomic E-state index is 12.9. The van der Waals surface area contributed by atoms with Gasteiger partial charge in [-0.25, -0.2) is 9.36 Å². The van der Waals surface area contributed by atoms with Crippen molar-refractivity contribution in [2.75, 3.05) is 11.9 Å². The fraction of sp³-hybridized carbons (Fsp3) is 0.304. The van der Waals surface area contributed by atoms with Crippen molar-refractivity contribution in [1.29, 1.82) is 0 Å². The number of ether oxygens (including phenoxy) is 2. The molecule has 0 saturated carbocycles. The topological polar surface area (TPSA) is 60.8 Å². The standard InChI is InChI=1S/C23H24Cl2N2O4/c1-14(28)26(5)16-6-8-18(9-7-16)30-13-17-12-19-20(25)10-15(24)11-21(19)27(17)22(29)31-23(2,3)4/h6-12H,13H2,1-5H3. The van der Waals surface area contributed by atoms with Crippen LogP contribution in [-0.4, -0.2) is 29.2 Å². The highest BCUT2D eigenvalue weighted by molar-refractivity contribution is 6.38. The molecule has 8 heteroatoms. The summed E-state index contributed by atoms with van der Waals surface area (Å²) in [6.07, 6.45) is -0.544. The van der Waals surface area contributed by atoms with Crippen LogP contribution in [0.15, 0.2) is 42.5 Å². The summed E-state index contributed by atoms with van der Waals surface area (Å²) in [4.78, 5) is 26.0. The molecule has 0 radical (unpaired) electrons. The van der Waals surface area contributed by atoms with Gasteiger partial charge >= 0.3 is 6.09 Å². The summed E-state index contributed by atoms with van der Waals surface area (Å²) >= 11 is 12.5. The summed E-state index contributed by atoms with van der Waals surface area (Å²) in [5, 5.41) is 1.52. The minimum absolute atomic E-state index is 0.0638. The predicted molar refractivity (Wildman–Crippen MR) is 123 cm³/mol. The lowest BCUT2D eigenvalue weighted by Gasteiger charge is -2.21. The summed E-state index contributed by atoms with van der Waals surface area (Å²) in [5.74, 6) is 0.525. The van der Waals surface area contributed by atoms with Gasteiger partial charge in [-0.15, -0.1) is 0 Å². The van der Waals surface area contributed by atoms with E-state index in [1.54, 1.807) is 70.3 Å². The van der Waals surface area contributed by atoms with Crippen molar-refractivity contribution in [3.8, 4) is 5.75 Å². The molecule has 3 rings (SSSR count). The Hall–Kier alpha value is -2.70. The number of carbonyl (C=O) groups excluding carboxylic acids is 2. The molecule has 0 bridgehead atoms. The van der Waals surface area contributed by atoms with Gasteiger partial charge in [0.05, 0.1) is 16.2 Å². The molecule has 0 aliphatic carbocycles. The number of halogens is 2. The molecule has 0 spiro atoms. The molecule has 31 heavy (non-hydrogen) atoms. The van der Waals surface area contributed by atoms with Crippen molar-refractivity contribution in [2.45, 2.75) is 39.9 Å². The number of hydrogen-bond donors (Lipinski definition) is 0. The molecule has 0 atom stereocenters. The Balaban J connectivity index is 1.92. The zero-order valence-corrected chi connectivity index (χ0v) is 19.5. The lowest BCUT2D eigenvalue weighted by Crippen LogP contribution is -2.28. The molecular weight excluding hydrogens is 439 g/mol. The molecule has 1 aromatic heterocycles. The van der Waals surface area contributed by atoms with Gasteiger partial charge in [0.25, 0.3) is 0 Å². The van der Waals surface area contributed by atoms with E-state index < -0.39 is 11.7 Å². The van der Waals surface area contributed by atoms with Gasteiger partial charge in [0, 0.05) is 30.1 Å². The molecule has 0 fully saturated rings. The first-order chi connectivity index (χ1) is 14.5. The van der Waals surface area contributed by atoms with E-state index in [0.717, 1.165) is 5.69 Å². The van der Waals surface area contributed by atoms with E-state index in [9.17, 15) is 9.59 Å². The van der Waals surface area contributed by atoms with E-state index >= 15 is 0 Å². The summed E-state index contributed by atoms with van der Waals surface area (Å²) < 4.78 is 12.9. The van der Waals surface area contributed by atoms with Crippen LogP contribution in [0.3, 0.4) is 0 Å². The summed E-state index contributed by atoms with van der Waals surface area (Å²) in [5.41, 5.74) is 1.19. The number of rotatable bonds is 4. The van der Waals surface area contributed by atoms with Crippen LogP contribution < -0.4 is 9.64 Å². The average Bonchev–Trinajstić information content (AvgIpc) is 3.03. The van der Waals surface area contributed by atoms with Crippen LogP contribution in [0.4, 0.5) is 10.5 Å². The lowest BCUT2D eigenvalue weighted by atomic mass is 10.2. The van der Waals surface area contributed by atoms with Gasteiger partial charge in [-0.05, 0) is 63.2 Å². The quantitative estimate of drug-likeness (QED) is 0.456. The maximum absolute atomic E-state index is 12.9. The number of fused-ring (bicyclic) bond motifs is 1. The third-order valence-corrected chi connectivity index (χ3v) is 5.10. The van der Waals surface area contributed by atoms with Crippen LogP contribution in [0.5, 0.6) is 5.75 Å². The van der Waals surface area contributed by atoms with Crippen LogP contribution >= 0.6 is 23.2 Å². The first-order valence-corrected chi connectivity index (χ1v) is 10.4. The second kappa shape index (κ2) is 8.81. The van der Waals surface area contributed by atoms with Crippen LogP contribution in [-0.2, 0) is 16.1 Å².